The van der Waals surface area contributed by atoms with E-state index < -0.39 is 0 Å². The Labute approximate surface area is 134 Å². The lowest BCUT2D eigenvalue weighted by Crippen LogP contribution is -2.15. The van der Waals surface area contributed by atoms with E-state index in [0.29, 0.717) is 34.2 Å². The molecule has 3 N–H and O–H groups in total. The maximum atomic E-state index is 11.9. The van der Waals surface area contributed by atoms with E-state index in [9.17, 15) is 4.79 Å². The van der Waals surface area contributed by atoms with Gasteiger partial charge in [0.2, 0.25) is 5.91 Å². The number of amides is 1. The van der Waals surface area contributed by atoms with Gasteiger partial charge in [-0.25, -0.2) is 0 Å². The first kappa shape index (κ1) is 16.5. The minimum absolute atomic E-state index is 0.0275. The first-order valence-corrected chi connectivity index (χ1v) is 8.57. The molecule has 2 rings (SSSR count). The number of carbonyl (C=O) groups excluding carboxylic acids is 1. The highest BCUT2D eigenvalue weighted by Crippen LogP contribution is 2.27. The number of hydrogen-bond acceptors (Lipinski definition) is 4. The molecule has 0 aliphatic carbocycles. The second kappa shape index (κ2) is 7.92. The quantitative estimate of drug-likeness (QED) is 0.619. The summed E-state index contributed by atoms with van der Waals surface area (Å²) in [4.78, 5) is 11.9. The molecule has 1 aromatic carbocycles. The second-order valence-electron chi connectivity index (χ2n) is 5.16. The standard InChI is InChI=1S/C15H21ClN2O2S/c1-10-14(6-7-20-10)21-8-2-3-15(19)18-13-9-11(16)4-5-12(13)17/h4-5,9-10,14H,2-3,6-8,17H2,1H3,(H,18,19). The summed E-state index contributed by atoms with van der Waals surface area (Å²) in [7, 11) is 0. The zero-order valence-corrected chi connectivity index (χ0v) is 13.7. The van der Waals surface area contributed by atoms with E-state index in [-0.39, 0.29) is 5.91 Å². The fraction of sp³-hybridized carbons (Fsp3) is 0.533. The lowest BCUT2D eigenvalue weighted by molar-refractivity contribution is -0.116. The van der Waals surface area contributed by atoms with Crippen molar-refractivity contribution in [2.75, 3.05) is 23.4 Å². The summed E-state index contributed by atoms with van der Waals surface area (Å²) in [5.41, 5.74) is 6.91. The van der Waals surface area contributed by atoms with Crippen LogP contribution in [-0.4, -0.2) is 29.6 Å². The van der Waals surface area contributed by atoms with Gasteiger partial charge in [0, 0.05) is 23.3 Å². The molecule has 1 amide bonds. The highest BCUT2D eigenvalue weighted by Gasteiger charge is 2.24. The van der Waals surface area contributed by atoms with Gasteiger partial charge in [-0.3, -0.25) is 4.79 Å². The lowest BCUT2D eigenvalue weighted by Gasteiger charge is -2.13. The van der Waals surface area contributed by atoms with Gasteiger partial charge in [0.15, 0.2) is 0 Å². The summed E-state index contributed by atoms with van der Waals surface area (Å²) >= 11 is 7.79. The van der Waals surface area contributed by atoms with Crippen molar-refractivity contribution in [1.82, 2.24) is 0 Å². The number of anilines is 2. The number of ether oxygens (including phenoxy) is 1. The fourth-order valence-electron chi connectivity index (χ4n) is 2.25. The predicted octanol–water partition coefficient (Wildman–Crippen LogP) is 3.55. The van der Waals surface area contributed by atoms with Crippen LogP contribution in [-0.2, 0) is 9.53 Å². The number of thioether (sulfide) groups is 1. The zero-order valence-electron chi connectivity index (χ0n) is 12.1. The Morgan fingerprint density at radius 1 is 1.57 bits per heavy atom. The molecule has 2 unspecified atom stereocenters. The third-order valence-corrected chi connectivity index (χ3v) is 5.28. The number of nitrogen functional groups attached to an aromatic ring is 1. The molecule has 21 heavy (non-hydrogen) atoms. The molecule has 6 heteroatoms. The van der Waals surface area contributed by atoms with Crippen molar-refractivity contribution in [3.8, 4) is 0 Å². The number of halogens is 1. The summed E-state index contributed by atoms with van der Waals surface area (Å²) in [6.45, 7) is 2.96. The van der Waals surface area contributed by atoms with Crippen molar-refractivity contribution in [3.63, 3.8) is 0 Å². The van der Waals surface area contributed by atoms with E-state index in [1.165, 1.54) is 0 Å². The Balaban J connectivity index is 1.69. The monoisotopic (exact) mass is 328 g/mol. The number of nitrogens with two attached hydrogens (primary N) is 1. The highest BCUT2D eigenvalue weighted by atomic mass is 35.5. The molecule has 0 radical (unpaired) electrons. The van der Waals surface area contributed by atoms with Gasteiger partial charge < -0.3 is 15.8 Å². The molecule has 1 aromatic rings. The van der Waals surface area contributed by atoms with E-state index in [1.807, 2.05) is 11.8 Å². The Morgan fingerprint density at radius 3 is 3.10 bits per heavy atom. The van der Waals surface area contributed by atoms with Crippen LogP contribution in [0.25, 0.3) is 0 Å². The van der Waals surface area contributed by atoms with Gasteiger partial charge in [0.25, 0.3) is 0 Å². The number of nitrogens with one attached hydrogen (secondary N) is 1. The minimum atomic E-state index is -0.0275. The third kappa shape index (κ3) is 5.09. The molecular formula is C15H21ClN2O2S. The minimum Gasteiger partial charge on any atom is -0.397 e. The van der Waals surface area contributed by atoms with Gasteiger partial charge in [-0.15, -0.1) is 0 Å². The Hall–Kier alpha value is -0.910. The lowest BCUT2D eigenvalue weighted by atomic mass is 10.2. The Kier molecular flexibility index (Phi) is 6.21. The van der Waals surface area contributed by atoms with Crippen LogP contribution in [0, 0.1) is 0 Å². The van der Waals surface area contributed by atoms with Crippen LogP contribution in [0.1, 0.15) is 26.2 Å². The van der Waals surface area contributed by atoms with E-state index in [2.05, 4.69) is 12.2 Å². The second-order valence-corrected chi connectivity index (χ2v) is 6.94. The predicted molar refractivity (Wildman–Crippen MR) is 90.0 cm³/mol. The normalized spacial score (nSPS) is 21.4. The Bertz CT molecular complexity index is 499. The van der Waals surface area contributed by atoms with Crippen LogP contribution in [0.2, 0.25) is 5.02 Å². The maximum absolute atomic E-state index is 11.9. The smallest absolute Gasteiger partial charge is 0.224 e. The van der Waals surface area contributed by atoms with Crippen molar-refractivity contribution < 1.29 is 9.53 Å². The van der Waals surface area contributed by atoms with Gasteiger partial charge in [0.1, 0.15) is 0 Å². The first-order valence-electron chi connectivity index (χ1n) is 7.14. The Morgan fingerprint density at radius 2 is 2.38 bits per heavy atom. The molecule has 0 aromatic heterocycles. The molecule has 2 atom stereocenters. The molecule has 1 fully saturated rings. The summed E-state index contributed by atoms with van der Waals surface area (Å²) in [6.07, 6.45) is 2.77. The van der Waals surface area contributed by atoms with Crippen molar-refractivity contribution in [2.45, 2.75) is 37.5 Å². The summed E-state index contributed by atoms with van der Waals surface area (Å²) in [5.74, 6) is 0.942. The molecule has 4 nitrogen and oxygen atoms in total. The van der Waals surface area contributed by atoms with Crippen molar-refractivity contribution >= 4 is 40.6 Å². The maximum Gasteiger partial charge on any atom is 0.224 e. The molecule has 1 saturated heterocycles. The largest absolute Gasteiger partial charge is 0.397 e. The average molecular weight is 329 g/mol. The van der Waals surface area contributed by atoms with Gasteiger partial charge in [-0.1, -0.05) is 11.6 Å². The van der Waals surface area contributed by atoms with E-state index in [4.69, 9.17) is 22.1 Å². The van der Waals surface area contributed by atoms with E-state index in [0.717, 1.165) is 25.2 Å². The summed E-state index contributed by atoms with van der Waals surface area (Å²) < 4.78 is 5.52. The van der Waals surface area contributed by atoms with Crippen LogP contribution in [0.5, 0.6) is 0 Å². The molecule has 1 aliphatic rings. The van der Waals surface area contributed by atoms with Crippen LogP contribution < -0.4 is 11.1 Å². The zero-order chi connectivity index (χ0) is 15.2. The van der Waals surface area contributed by atoms with Crippen LogP contribution in [0.3, 0.4) is 0 Å². The number of benzene rings is 1. The van der Waals surface area contributed by atoms with Crippen LogP contribution in [0.15, 0.2) is 18.2 Å². The molecule has 116 valence electrons. The molecule has 1 aliphatic heterocycles. The molecule has 0 bridgehead atoms. The number of hydrogen-bond donors (Lipinski definition) is 2. The highest BCUT2D eigenvalue weighted by molar-refractivity contribution is 7.99. The van der Waals surface area contributed by atoms with Crippen molar-refractivity contribution in [2.24, 2.45) is 0 Å². The van der Waals surface area contributed by atoms with E-state index in [1.54, 1.807) is 18.2 Å². The average Bonchev–Trinajstić information content (AvgIpc) is 2.84. The van der Waals surface area contributed by atoms with Crippen LogP contribution in [0.4, 0.5) is 11.4 Å². The molecule has 0 saturated carbocycles. The van der Waals surface area contributed by atoms with Crippen molar-refractivity contribution in [1.29, 1.82) is 0 Å². The molecule has 0 spiro atoms. The van der Waals surface area contributed by atoms with Gasteiger partial charge in [-0.05, 0) is 43.7 Å². The van der Waals surface area contributed by atoms with Gasteiger partial charge in [-0.2, -0.15) is 11.8 Å². The van der Waals surface area contributed by atoms with Crippen LogP contribution >= 0.6 is 23.4 Å². The fourth-order valence-corrected chi connectivity index (χ4v) is 3.65. The molecule has 1 heterocycles. The van der Waals surface area contributed by atoms with Crippen molar-refractivity contribution in [3.05, 3.63) is 23.2 Å². The topological polar surface area (TPSA) is 64.3 Å². The summed E-state index contributed by atoms with van der Waals surface area (Å²) in [6, 6.07) is 5.06. The van der Waals surface area contributed by atoms with Gasteiger partial charge in [0.05, 0.1) is 17.5 Å². The first-order chi connectivity index (χ1) is 10.1. The molecular weight excluding hydrogens is 308 g/mol. The SMILES string of the molecule is CC1OCCC1SCCCC(=O)Nc1cc(Cl)ccc1N. The van der Waals surface area contributed by atoms with E-state index >= 15 is 0 Å². The third-order valence-electron chi connectivity index (χ3n) is 3.48. The number of rotatable bonds is 6. The summed E-state index contributed by atoms with van der Waals surface area (Å²) in [5, 5.41) is 3.93. The van der Waals surface area contributed by atoms with Gasteiger partial charge >= 0.3 is 0 Å². The number of carbonyl (C=O) groups is 1.